The number of rotatable bonds is 6. The summed E-state index contributed by atoms with van der Waals surface area (Å²) in [6, 6.07) is 8.12. The Hall–Kier alpha value is -1.53. The molecule has 1 aliphatic heterocycles. The van der Waals surface area contributed by atoms with Crippen LogP contribution in [0.25, 0.3) is 0 Å². The highest BCUT2D eigenvalue weighted by molar-refractivity contribution is 6.05. The van der Waals surface area contributed by atoms with Crippen LogP contribution in [0, 0.1) is 5.92 Å². The molecule has 2 aliphatic carbocycles. The summed E-state index contributed by atoms with van der Waals surface area (Å²) in [5, 5.41) is 0. The van der Waals surface area contributed by atoms with Crippen LogP contribution in [0.2, 0.25) is 0 Å². The number of carbonyl (C=O) groups is 1. The molecule has 1 saturated heterocycles. The molecule has 1 heterocycles. The molecule has 0 radical (unpaired) electrons. The average molecular weight is 358 g/mol. The zero-order valence-corrected chi connectivity index (χ0v) is 15.5. The zero-order chi connectivity index (χ0) is 18.5. The fraction of sp³-hybridized carbons (Fsp3) is 0.571. The van der Waals surface area contributed by atoms with Crippen molar-refractivity contribution in [3.63, 3.8) is 0 Å². The van der Waals surface area contributed by atoms with Gasteiger partial charge in [-0.05, 0) is 17.5 Å². The van der Waals surface area contributed by atoms with Crippen molar-refractivity contribution in [1.29, 1.82) is 0 Å². The summed E-state index contributed by atoms with van der Waals surface area (Å²) >= 11 is 0. The molecular weight excluding hydrogens is 332 g/mol. The Morgan fingerprint density at radius 3 is 2.58 bits per heavy atom. The minimum Gasteiger partial charge on any atom is -0.382 e. The van der Waals surface area contributed by atoms with Crippen molar-refractivity contribution < 1.29 is 23.7 Å². The Morgan fingerprint density at radius 2 is 1.92 bits per heavy atom. The summed E-state index contributed by atoms with van der Waals surface area (Å²) in [4.78, 5) is 13.6. The van der Waals surface area contributed by atoms with E-state index < -0.39 is 5.41 Å². The number of hydrogen-bond acceptors (Lipinski definition) is 5. The molecule has 7 atom stereocenters. The SMILES string of the molecule is C=CCC1C(=O)C2(c3ccccc31)C1O[C@H](COC)[C@H](OC)[C@H](OC)C12. The molecule has 140 valence electrons. The highest BCUT2D eigenvalue weighted by atomic mass is 16.6. The van der Waals surface area contributed by atoms with Crippen molar-refractivity contribution in [3.8, 4) is 0 Å². The Kier molecular flexibility index (Phi) is 4.51. The Labute approximate surface area is 154 Å². The first kappa shape index (κ1) is 17.9. The standard InChI is InChI=1S/C21H26O5/c1-5-8-13-12-9-6-7-10-14(12)21(19(13)22)16-18(25-4)17(24-3)15(11-23-2)26-20(16)21/h5-7,9-10,13,15-18,20H,1,8,11H2,2-4H3/t13?,15-,16?,17+,18-,20?,21?/m1/s1. The second-order valence-corrected chi connectivity index (χ2v) is 7.37. The molecule has 3 aliphatic rings. The molecule has 5 heteroatoms. The second kappa shape index (κ2) is 6.57. The average Bonchev–Trinajstić information content (AvgIpc) is 3.26. The van der Waals surface area contributed by atoms with Gasteiger partial charge in [-0.3, -0.25) is 4.79 Å². The molecule has 0 amide bonds. The maximum absolute atomic E-state index is 13.6. The molecule has 1 saturated carbocycles. The molecule has 1 aromatic carbocycles. The van der Waals surface area contributed by atoms with Gasteiger partial charge in [0.25, 0.3) is 0 Å². The molecular formula is C21H26O5. The number of fused-ring (bicyclic) bond motifs is 5. The van der Waals surface area contributed by atoms with Crippen molar-refractivity contribution in [2.24, 2.45) is 5.92 Å². The fourth-order valence-electron chi connectivity index (χ4n) is 5.33. The number of benzene rings is 1. The Balaban J connectivity index is 1.78. The number of allylic oxidation sites excluding steroid dienone is 1. The predicted octanol–water partition coefficient (Wildman–Crippen LogP) is 2.24. The quantitative estimate of drug-likeness (QED) is 0.730. The lowest BCUT2D eigenvalue weighted by atomic mass is 9.89. The molecule has 5 nitrogen and oxygen atoms in total. The van der Waals surface area contributed by atoms with Crippen LogP contribution in [-0.4, -0.2) is 58.1 Å². The summed E-state index contributed by atoms with van der Waals surface area (Å²) in [5.41, 5.74) is 1.55. The summed E-state index contributed by atoms with van der Waals surface area (Å²) in [6.45, 7) is 4.24. The number of Topliss-reactive ketones (excluding diaryl/α,β-unsaturated/α-hetero) is 1. The summed E-state index contributed by atoms with van der Waals surface area (Å²) in [5.74, 6) is 0.0369. The van der Waals surface area contributed by atoms with E-state index >= 15 is 0 Å². The van der Waals surface area contributed by atoms with E-state index in [0.29, 0.717) is 13.0 Å². The Bertz CT molecular complexity index is 716. The number of carbonyl (C=O) groups excluding carboxylic acids is 1. The van der Waals surface area contributed by atoms with Crippen molar-refractivity contribution in [1.82, 2.24) is 0 Å². The largest absolute Gasteiger partial charge is 0.382 e. The van der Waals surface area contributed by atoms with Gasteiger partial charge in [0, 0.05) is 33.2 Å². The summed E-state index contributed by atoms with van der Waals surface area (Å²) in [6.07, 6.45) is 1.54. The van der Waals surface area contributed by atoms with Crippen molar-refractivity contribution >= 4 is 5.78 Å². The van der Waals surface area contributed by atoms with Crippen LogP contribution < -0.4 is 0 Å². The Morgan fingerprint density at radius 1 is 1.19 bits per heavy atom. The van der Waals surface area contributed by atoms with Crippen molar-refractivity contribution in [2.45, 2.75) is 42.2 Å². The first-order valence-electron chi connectivity index (χ1n) is 9.11. The van der Waals surface area contributed by atoms with Crippen LogP contribution in [0.4, 0.5) is 0 Å². The highest BCUT2D eigenvalue weighted by Crippen LogP contribution is 2.68. The van der Waals surface area contributed by atoms with Crippen LogP contribution in [0.1, 0.15) is 23.5 Å². The molecule has 26 heavy (non-hydrogen) atoms. The first-order chi connectivity index (χ1) is 12.7. The zero-order valence-electron chi connectivity index (χ0n) is 15.5. The minimum absolute atomic E-state index is 0.0333. The molecule has 4 unspecified atom stereocenters. The molecule has 1 spiro atoms. The van der Waals surface area contributed by atoms with Gasteiger partial charge in [-0.1, -0.05) is 30.3 Å². The second-order valence-electron chi connectivity index (χ2n) is 7.37. The molecule has 0 aromatic heterocycles. The monoisotopic (exact) mass is 358 g/mol. The number of methoxy groups -OCH3 is 3. The van der Waals surface area contributed by atoms with Gasteiger partial charge in [-0.15, -0.1) is 6.58 Å². The summed E-state index contributed by atoms with van der Waals surface area (Å²) < 4.78 is 23.2. The van der Waals surface area contributed by atoms with Crippen LogP contribution in [0.3, 0.4) is 0 Å². The third-order valence-electron chi connectivity index (χ3n) is 6.34. The van der Waals surface area contributed by atoms with Crippen LogP contribution in [0.15, 0.2) is 36.9 Å². The van der Waals surface area contributed by atoms with E-state index in [1.54, 1.807) is 21.3 Å². The van der Waals surface area contributed by atoms with Gasteiger partial charge < -0.3 is 18.9 Å². The molecule has 0 N–H and O–H groups in total. The third kappa shape index (κ3) is 2.15. The van der Waals surface area contributed by atoms with E-state index in [0.717, 1.165) is 11.1 Å². The third-order valence-corrected chi connectivity index (χ3v) is 6.34. The van der Waals surface area contributed by atoms with Crippen LogP contribution in [-0.2, 0) is 29.2 Å². The van der Waals surface area contributed by atoms with E-state index in [9.17, 15) is 4.79 Å². The highest BCUT2D eigenvalue weighted by Gasteiger charge is 2.80. The normalized spacial score (nSPS) is 40.3. The lowest BCUT2D eigenvalue weighted by molar-refractivity contribution is -0.175. The molecule has 1 aromatic rings. The maximum Gasteiger partial charge on any atom is 0.154 e. The van der Waals surface area contributed by atoms with Gasteiger partial charge in [0.1, 0.15) is 12.2 Å². The van der Waals surface area contributed by atoms with Gasteiger partial charge in [-0.2, -0.15) is 0 Å². The van der Waals surface area contributed by atoms with Crippen LogP contribution >= 0.6 is 0 Å². The predicted molar refractivity (Wildman–Crippen MR) is 96.3 cm³/mol. The number of ether oxygens (including phenoxy) is 4. The van der Waals surface area contributed by atoms with E-state index in [1.807, 2.05) is 18.2 Å². The first-order valence-corrected chi connectivity index (χ1v) is 9.11. The van der Waals surface area contributed by atoms with E-state index in [2.05, 4.69) is 18.7 Å². The van der Waals surface area contributed by atoms with Gasteiger partial charge in [0.15, 0.2) is 5.78 Å². The van der Waals surface area contributed by atoms with E-state index in [-0.39, 0.29) is 42.0 Å². The van der Waals surface area contributed by atoms with Gasteiger partial charge in [0.2, 0.25) is 0 Å². The van der Waals surface area contributed by atoms with Gasteiger partial charge in [0.05, 0.1) is 24.2 Å². The number of hydrogen-bond donors (Lipinski definition) is 0. The van der Waals surface area contributed by atoms with Gasteiger partial charge >= 0.3 is 0 Å². The maximum atomic E-state index is 13.6. The van der Waals surface area contributed by atoms with E-state index in [4.69, 9.17) is 18.9 Å². The lowest BCUT2D eigenvalue weighted by Crippen LogP contribution is -2.49. The lowest BCUT2D eigenvalue weighted by Gasteiger charge is -2.35. The number of ketones is 1. The van der Waals surface area contributed by atoms with Crippen molar-refractivity contribution in [2.75, 3.05) is 27.9 Å². The topological polar surface area (TPSA) is 54.0 Å². The molecule has 0 bridgehead atoms. The molecule has 2 fully saturated rings. The summed E-state index contributed by atoms with van der Waals surface area (Å²) in [7, 11) is 4.98. The molecule has 4 rings (SSSR count). The van der Waals surface area contributed by atoms with E-state index in [1.165, 1.54) is 0 Å². The van der Waals surface area contributed by atoms with Crippen LogP contribution in [0.5, 0.6) is 0 Å². The van der Waals surface area contributed by atoms with Gasteiger partial charge in [-0.25, -0.2) is 0 Å². The van der Waals surface area contributed by atoms with Crippen molar-refractivity contribution in [3.05, 3.63) is 48.0 Å². The fourth-order valence-corrected chi connectivity index (χ4v) is 5.33. The smallest absolute Gasteiger partial charge is 0.154 e. The minimum atomic E-state index is -0.635.